The van der Waals surface area contributed by atoms with Crippen LogP contribution in [0.1, 0.15) is 0 Å². The van der Waals surface area contributed by atoms with Crippen molar-refractivity contribution < 1.29 is 31.4 Å². The van der Waals surface area contributed by atoms with E-state index in [0.29, 0.717) is 0 Å². The molecular formula is C22H14BrN3O2. The molecule has 0 atom stereocenters. The van der Waals surface area contributed by atoms with E-state index in [1.165, 1.54) is 10.8 Å². The first-order chi connectivity index (χ1) is 13.2. The number of hydrogen-bond donors (Lipinski definition) is 1. The van der Waals surface area contributed by atoms with Gasteiger partial charge in [0.2, 0.25) is 5.52 Å². The third kappa shape index (κ3) is 2.09. The van der Waals surface area contributed by atoms with Gasteiger partial charge in [0.1, 0.15) is 5.52 Å². The van der Waals surface area contributed by atoms with E-state index in [0.717, 1.165) is 38.4 Å². The van der Waals surface area contributed by atoms with E-state index in [2.05, 4.69) is 42.5 Å². The minimum Gasteiger partial charge on any atom is -1.00 e. The first-order valence-electron chi connectivity index (χ1n) is 8.81. The van der Waals surface area contributed by atoms with E-state index in [1.54, 1.807) is 0 Å². The molecule has 0 unspecified atom stereocenters. The zero-order valence-corrected chi connectivity index (χ0v) is 16.2. The summed E-state index contributed by atoms with van der Waals surface area (Å²) < 4.78 is 3.68. The number of carboxylic acids is 1. The number of carboxylic acid groups (broad SMARTS) is 1. The Hall–Kier alpha value is -3.25. The van der Waals surface area contributed by atoms with Crippen LogP contribution in [0.3, 0.4) is 0 Å². The second-order valence-electron chi connectivity index (χ2n) is 6.85. The summed E-state index contributed by atoms with van der Waals surface area (Å²) >= 11 is 0. The summed E-state index contributed by atoms with van der Waals surface area (Å²) in [5.41, 5.74) is 3.49. The maximum Gasteiger partial charge on any atom is 0.346 e. The van der Waals surface area contributed by atoms with Crippen LogP contribution in [-0.4, -0.2) is 20.7 Å². The van der Waals surface area contributed by atoms with Crippen molar-refractivity contribution in [3.05, 3.63) is 66.7 Å². The van der Waals surface area contributed by atoms with Crippen molar-refractivity contribution in [2.24, 2.45) is 0 Å². The second kappa shape index (κ2) is 5.87. The van der Waals surface area contributed by atoms with Crippen LogP contribution in [0.15, 0.2) is 66.7 Å². The van der Waals surface area contributed by atoms with Crippen LogP contribution in [-0.2, 0) is 11.3 Å². The lowest BCUT2D eigenvalue weighted by Gasteiger charge is -1.96. The molecule has 4 aromatic carbocycles. The fraction of sp³-hybridized carbons (Fsp3) is 0.0455. The van der Waals surface area contributed by atoms with Crippen LogP contribution in [0.5, 0.6) is 0 Å². The van der Waals surface area contributed by atoms with Gasteiger partial charge >= 0.3 is 11.6 Å². The smallest absolute Gasteiger partial charge is 0.346 e. The van der Waals surface area contributed by atoms with E-state index < -0.39 is 5.97 Å². The van der Waals surface area contributed by atoms with E-state index >= 15 is 0 Å². The Labute approximate surface area is 169 Å². The number of nitrogens with zero attached hydrogens (tertiary/aromatic N) is 3. The van der Waals surface area contributed by atoms with Gasteiger partial charge in [0.25, 0.3) is 0 Å². The quantitative estimate of drug-likeness (QED) is 0.412. The van der Waals surface area contributed by atoms with Crippen LogP contribution in [0.2, 0.25) is 0 Å². The van der Waals surface area contributed by atoms with Crippen molar-refractivity contribution in [3.8, 4) is 0 Å². The third-order valence-corrected chi connectivity index (χ3v) is 5.37. The van der Waals surface area contributed by atoms with Gasteiger partial charge in [-0.3, -0.25) is 0 Å². The molecule has 6 rings (SSSR count). The molecule has 0 fully saturated rings. The molecule has 0 saturated heterocycles. The predicted molar refractivity (Wildman–Crippen MR) is 104 cm³/mol. The van der Waals surface area contributed by atoms with Crippen molar-refractivity contribution in [1.29, 1.82) is 0 Å². The molecule has 0 aliphatic heterocycles. The highest BCUT2D eigenvalue weighted by molar-refractivity contribution is 6.29. The van der Waals surface area contributed by atoms with Crippen LogP contribution in [0.25, 0.3) is 49.1 Å². The lowest BCUT2D eigenvalue weighted by molar-refractivity contribution is -0.634. The van der Waals surface area contributed by atoms with Crippen molar-refractivity contribution in [2.75, 3.05) is 0 Å². The maximum atomic E-state index is 11.5. The number of rotatable bonds is 2. The number of carbonyl (C=O) groups is 1. The van der Waals surface area contributed by atoms with Crippen molar-refractivity contribution in [2.45, 2.75) is 6.54 Å². The molecule has 0 aliphatic rings. The lowest BCUT2D eigenvalue weighted by atomic mass is 10.1. The van der Waals surface area contributed by atoms with Gasteiger partial charge in [0, 0.05) is 16.8 Å². The average molecular weight is 432 g/mol. The van der Waals surface area contributed by atoms with Gasteiger partial charge in [0.05, 0.1) is 0 Å². The van der Waals surface area contributed by atoms with Crippen LogP contribution < -0.4 is 21.5 Å². The molecule has 136 valence electrons. The normalized spacial score (nSPS) is 11.7. The molecule has 2 heterocycles. The number of fused-ring (bicyclic) bond motifs is 6. The largest absolute Gasteiger partial charge is 1.00 e. The molecule has 1 N–H and O–H groups in total. The molecule has 6 heteroatoms. The fourth-order valence-electron chi connectivity index (χ4n) is 4.30. The molecule has 0 radical (unpaired) electrons. The lowest BCUT2D eigenvalue weighted by Crippen LogP contribution is -3.00. The van der Waals surface area contributed by atoms with Gasteiger partial charge in [0.15, 0.2) is 12.1 Å². The molecule has 0 amide bonds. The van der Waals surface area contributed by atoms with Crippen molar-refractivity contribution in [3.63, 3.8) is 0 Å². The Balaban J connectivity index is 0.00000171. The van der Waals surface area contributed by atoms with Gasteiger partial charge in [-0.15, -0.1) is 0 Å². The molecule has 0 aliphatic carbocycles. The summed E-state index contributed by atoms with van der Waals surface area (Å²) in [6, 6.07) is 22.4. The zero-order valence-electron chi connectivity index (χ0n) is 14.6. The number of hydrogen-bond acceptors (Lipinski definition) is 2. The number of aromatic nitrogens is 3. The Kier molecular flexibility index (Phi) is 3.54. The highest BCUT2D eigenvalue weighted by Gasteiger charge is 2.24. The number of aliphatic carboxylic acids is 1. The van der Waals surface area contributed by atoms with Crippen molar-refractivity contribution >= 4 is 55.1 Å². The van der Waals surface area contributed by atoms with Crippen LogP contribution in [0, 0.1) is 0 Å². The molecule has 2 aromatic heterocycles. The van der Waals surface area contributed by atoms with E-state index in [9.17, 15) is 9.90 Å². The number of halogens is 1. The summed E-state index contributed by atoms with van der Waals surface area (Å²) in [4.78, 5) is 11.5. The molecule has 0 spiro atoms. The minimum atomic E-state index is -0.871. The fourth-order valence-corrected chi connectivity index (χ4v) is 4.30. The standard InChI is InChI=1S/C22H13N3O2.BrH/c26-20(27)12-24-17-9-1-2-10-18(17)25-19(24)11-16-14-7-3-5-13-6-4-8-15(21(13)14)22(16)23-25;/h1-11H,12H2;1H. The number of imidazole rings is 1. The summed E-state index contributed by atoms with van der Waals surface area (Å²) in [6.07, 6.45) is 0. The molecule has 5 nitrogen and oxygen atoms in total. The van der Waals surface area contributed by atoms with Gasteiger partial charge < -0.3 is 22.1 Å². The third-order valence-electron chi connectivity index (χ3n) is 5.37. The van der Waals surface area contributed by atoms with E-state index in [1.807, 2.05) is 33.3 Å². The van der Waals surface area contributed by atoms with Crippen LogP contribution >= 0.6 is 0 Å². The highest BCUT2D eigenvalue weighted by atomic mass is 79.9. The first-order valence-corrected chi connectivity index (χ1v) is 8.81. The highest BCUT2D eigenvalue weighted by Crippen LogP contribution is 2.37. The zero-order chi connectivity index (χ0) is 18.1. The Bertz CT molecular complexity index is 1530. The van der Waals surface area contributed by atoms with Gasteiger partial charge in [-0.2, -0.15) is 0 Å². The Morgan fingerprint density at radius 1 is 0.964 bits per heavy atom. The van der Waals surface area contributed by atoms with Gasteiger partial charge in [-0.05, 0) is 28.3 Å². The summed E-state index contributed by atoms with van der Waals surface area (Å²) in [5.74, 6) is -0.871. The Morgan fingerprint density at radius 3 is 2.50 bits per heavy atom. The number of para-hydroxylation sites is 2. The number of benzene rings is 3. The average Bonchev–Trinajstić information content (AvgIpc) is 3.16. The first kappa shape index (κ1) is 16.9. The topological polar surface area (TPSA) is 58.5 Å². The monoisotopic (exact) mass is 431 g/mol. The van der Waals surface area contributed by atoms with E-state index in [-0.39, 0.29) is 23.5 Å². The minimum absolute atomic E-state index is 0. The molecule has 0 bridgehead atoms. The van der Waals surface area contributed by atoms with Crippen LogP contribution in [0.4, 0.5) is 0 Å². The molecule has 0 saturated carbocycles. The van der Waals surface area contributed by atoms with Crippen molar-refractivity contribution in [1.82, 2.24) is 9.61 Å². The molecular weight excluding hydrogens is 418 g/mol. The summed E-state index contributed by atoms with van der Waals surface area (Å²) in [5, 5.41) is 20.1. The van der Waals surface area contributed by atoms with E-state index in [4.69, 9.17) is 5.10 Å². The summed E-state index contributed by atoms with van der Waals surface area (Å²) in [7, 11) is 0. The molecule has 28 heavy (non-hydrogen) atoms. The van der Waals surface area contributed by atoms with Gasteiger partial charge in [-0.25, -0.2) is 9.36 Å². The molecule has 6 aromatic rings. The van der Waals surface area contributed by atoms with Gasteiger partial charge in [-0.1, -0.05) is 58.1 Å². The maximum absolute atomic E-state index is 11.5. The summed E-state index contributed by atoms with van der Waals surface area (Å²) in [6.45, 7) is -0.103. The predicted octanol–water partition coefficient (Wildman–Crippen LogP) is 0.761. The Morgan fingerprint density at radius 2 is 1.71 bits per heavy atom. The SMILES string of the molecule is O=C(O)C[n+]1c2ccccc2n2nc3c(cc21)c1cccc2cccc3c21.[Br-]. The second-order valence-corrected chi connectivity index (χ2v) is 6.85.